The number of nitriles is 1. The van der Waals surface area contributed by atoms with Crippen molar-refractivity contribution in [2.75, 3.05) is 18.4 Å². The van der Waals surface area contributed by atoms with Gasteiger partial charge in [-0.05, 0) is 24.6 Å². The Morgan fingerprint density at radius 2 is 2.08 bits per heavy atom. The lowest BCUT2D eigenvalue weighted by Crippen LogP contribution is -2.44. The highest BCUT2D eigenvalue weighted by molar-refractivity contribution is 5.68. The molecule has 0 saturated carbocycles. The van der Waals surface area contributed by atoms with E-state index in [-0.39, 0.29) is 17.0 Å². The summed E-state index contributed by atoms with van der Waals surface area (Å²) >= 11 is 0. The lowest BCUT2D eigenvalue weighted by molar-refractivity contribution is -0.672. The maximum atomic E-state index is 12.3. The molecule has 0 amide bonds. The average Bonchev–Trinajstić information content (AvgIpc) is 3.06. The summed E-state index contributed by atoms with van der Waals surface area (Å²) in [6.07, 6.45) is 3.54. The first kappa shape index (κ1) is 16.5. The van der Waals surface area contributed by atoms with E-state index in [1.807, 2.05) is 11.5 Å². The molecule has 0 bridgehead atoms. The third-order valence-electron chi connectivity index (χ3n) is 3.69. The minimum absolute atomic E-state index is 0.0392. The van der Waals surface area contributed by atoms with Gasteiger partial charge in [-0.1, -0.05) is 6.07 Å². The Labute approximate surface area is 143 Å². The SMILES string of the molecule is Cc1ccc2c(c1)[n+]([O-])c(NCCNCn1ccc(C#N)c1)n[n+]2[O-]. The molecule has 0 unspecified atom stereocenters. The first-order valence-corrected chi connectivity index (χ1v) is 7.73. The topological polar surface area (TPSA) is 120 Å². The monoisotopic (exact) mass is 339 g/mol. The van der Waals surface area contributed by atoms with Gasteiger partial charge in [-0.2, -0.15) is 5.26 Å². The number of fused-ring (bicyclic) bond motifs is 1. The molecule has 0 spiro atoms. The predicted octanol–water partition coefficient (Wildman–Crippen LogP) is 0.142. The fraction of sp³-hybridized carbons (Fsp3) is 0.250. The fourth-order valence-corrected chi connectivity index (χ4v) is 2.44. The molecule has 2 heterocycles. The summed E-state index contributed by atoms with van der Waals surface area (Å²) in [6.45, 7) is 3.35. The van der Waals surface area contributed by atoms with E-state index < -0.39 is 0 Å². The van der Waals surface area contributed by atoms with Gasteiger partial charge < -0.3 is 15.0 Å². The lowest BCUT2D eigenvalue weighted by atomic mass is 10.2. The molecule has 9 heteroatoms. The van der Waals surface area contributed by atoms with E-state index in [2.05, 4.69) is 21.8 Å². The van der Waals surface area contributed by atoms with Crippen LogP contribution in [0.2, 0.25) is 0 Å². The highest BCUT2D eigenvalue weighted by atomic mass is 16.5. The number of aromatic nitrogens is 4. The summed E-state index contributed by atoms with van der Waals surface area (Å²) in [7, 11) is 0. The number of nitrogens with one attached hydrogen (secondary N) is 2. The van der Waals surface area contributed by atoms with Crippen LogP contribution in [0.3, 0.4) is 0 Å². The predicted molar refractivity (Wildman–Crippen MR) is 90.0 cm³/mol. The van der Waals surface area contributed by atoms with E-state index in [0.717, 1.165) is 5.56 Å². The number of hydrogen-bond donors (Lipinski definition) is 2. The molecule has 9 nitrogen and oxygen atoms in total. The zero-order valence-electron chi connectivity index (χ0n) is 13.6. The quantitative estimate of drug-likeness (QED) is 0.374. The van der Waals surface area contributed by atoms with Crippen LogP contribution in [0.5, 0.6) is 0 Å². The number of rotatable bonds is 6. The fourth-order valence-electron chi connectivity index (χ4n) is 2.44. The second kappa shape index (κ2) is 7.02. The van der Waals surface area contributed by atoms with E-state index in [4.69, 9.17) is 5.26 Å². The van der Waals surface area contributed by atoms with E-state index in [9.17, 15) is 10.4 Å². The van der Waals surface area contributed by atoms with Crippen molar-refractivity contribution in [3.63, 3.8) is 0 Å². The Morgan fingerprint density at radius 3 is 2.84 bits per heavy atom. The zero-order chi connectivity index (χ0) is 17.8. The Bertz CT molecular complexity index is 946. The van der Waals surface area contributed by atoms with Crippen molar-refractivity contribution in [2.45, 2.75) is 13.6 Å². The van der Waals surface area contributed by atoms with Crippen molar-refractivity contribution in [2.24, 2.45) is 0 Å². The molecule has 0 aliphatic carbocycles. The number of nitrogens with zero attached hydrogens (tertiary/aromatic N) is 5. The highest BCUT2D eigenvalue weighted by Gasteiger charge is 2.19. The Kier molecular flexibility index (Phi) is 4.63. The third kappa shape index (κ3) is 3.59. The molecule has 25 heavy (non-hydrogen) atoms. The van der Waals surface area contributed by atoms with Gasteiger partial charge in [-0.25, -0.2) is 4.73 Å². The molecule has 128 valence electrons. The largest absolute Gasteiger partial charge is 0.739 e. The molecule has 0 fully saturated rings. The molecule has 3 rings (SSSR count). The average molecular weight is 339 g/mol. The van der Waals surface area contributed by atoms with Crippen molar-refractivity contribution in [3.05, 3.63) is 58.2 Å². The van der Waals surface area contributed by atoms with Gasteiger partial charge in [-0.15, -0.1) is 0 Å². The summed E-state index contributed by atoms with van der Waals surface area (Å²) < 4.78 is 2.47. The van der Waals surface area contributed by atoms with Crippen molar-refractivity contribution in [3.8, 4) is 6.07 Å². The van der Waals surface area contributed by atoms with E-state index in [1.54, 1.807) is 36.7 Å². The van der Waals surface area contributed by atoms with Gasteiger partial charge in [0.25, 0.3) is 5.52 Å². The van der Waals surface area contributed by atoms with Gasteiger partial charge in [0.05, 0.1) is 18.8 Å². The van der Waals surface area contributed by atoms with Gasteiger partial charge in [0.2, 0.25) is 5.10 Å². The van der Waals surface area contributed by atoms with Crippen LogP contribution >= 0.6 is 0 Å². The third-order valence-corrected chi connectivity index (χ3v) is 3.69. The summed E-state index contributed by atoms with van der Waals surface area (Å²) in [5.41, 5.74) is 1.99. The van der Waals surface area contributed by atoms with Gasteiger partial charge in [0, 0.05) is 29.8 Å². The lowest BCUT2D eigenvalue weighted by Gasteiger charge is -2.10. The van der Waals surface area contributed by atoms with Crippen LogP contribution in [0.4, 0.5) is 5.95 Å². The first-order chi connectivity index (χ1) is 12.1. The van der Waals surface area contributed by atoms with Crippen molar-refractivity contribution < 1.29 is 9.58 Å². The van der Waals surface area contributed by atoms with Gasteiger partial charge in [0.1, 0.15) is 6.07 Å². The summed E-state index contributed by atoms with van der Waals surface area (Å²) in [6, 6.07) is 8.78. The molecular formula is C16H17N7O2. The first-order valence-electron chi connectivity index (χ1n) is 7.73. The van der Waals surface area contributed by atoms with Crippen molar-refractivity contribution >= 4 is 17.0 Å². The van der Waals surface area contributed by atoms with Crippen LogP contribution in [0.1, 0.15) is 11.1 Å². The smallest absolute Gasteiger partial charge is 0.461 e. The molecule has 0 radical (unpaired) electrons. The van der Waals surface area contributed by atoms with Crippen molar-refractivity contribution in [1.82, 2.24) is 15.0 Å². The van der Waals surface area contributed by atoms with Crippen LogP contribution in [-0.2, 0) is 6.67 Å². The van der Waals surface area contributed by atoms with Gasteiger partial charge in [-0.3, -0.25) is 10.6 Å². The molecule has 2 aromatic heterocycles. The molecule has 0 aliphatic heterocycles. The van der Waals surface area contributed by atoms with Crippen LogP contribution in [-0.4, -0.2) is 22.8 Å². The molecule has 0 atom stereocenters. The van der Waals surface area contributed by atoms with E-state index in [0.29, 0.717) is 34.9 Å². The second-order valence-electron chi connectivity index (χ2n) is 5.59. The number of benzene rings is 1. The Morgan fingerprint density at radius 1 is 1.24 bits per heavy atom. The molecule has 3 aromatic rings. The molecular weight excluding hydrogens is 322 g/mol. The van der Waals surface area contributed by atoms with Crippen LogP contribution in [0.15, 0.2) is 36.7 Å². The van der Waals surface area contributed by atoms with Crippen LogP contribution in [0.25, 0.3) is 11.0 Å². The maximum absolute atomic E-state index is 12.3. The van der Waals surface area contributed by atoms with Gasteiger partial charge in [0.15, 0.2) is 5.52 Å². The van der Waals surface area contributed by atoms with Crippen molar-refractivity contribution in [1.29, 1.82) is 5.26 Å². The summed E-state index contributed by atoms with van der Waals surface area (Å²) in [4.78, 5) is 0.447. The molecule has 1 aromatic carbocycles. The molecule has 2 N–H and O–H groups in total. The maximum Gasteiger partial charge on any atom is 0.461 e. The highest BCUT2D eigenvalue weighted by Crippen LogP contribution is 2.09. The van der Waals surface area contributed by atoms with Crippen LogP contribution in [0, 0.1) is 28.7 Å². The summed E-state index contributed by atoms with van der Waals surface area (Å²) in [5.74, 6) is -0.0392. The second-order valence-corrected chi connectivity index (χ2v) is 5.59. The number of anilines is 1. The Hall–Kier alpha value is -3.38. The minimum Gasteiger partial charge on any atom is -0.739 e. The zero-order valence-corrected chi connectivity index (χ0v) is 13.6. The molecule has 0 saturated heterocycles. The number of aryl methyl sites for hydroxylation is 1. The Balaban J connectivity index is 1.59. The van der Waals surface area contributed by atoms with Crippen LogP contribution < -0.4 is 20.2 Å². The minimum atomic E-state index is -0.0392. The van der Waals surface area contributed by atoms with Gasteiger partial charge >= 0.3 is 5.95 Å². The standard InChI is InChI=1S/C16H17N7O2/c1-12-2-3-14-15(8-12)22(24)16(20-23(14)25)19-6-5-18-11-21-7-4-13(9-17)10-21/h2-4,7-8,10,18H,5-6,11H2,1H3,(H,19,20). The normalized spacial score (nSPS) is 10.7. The summed E-state index contributed by atoms with van der Waals surface area (Å²) in [5, 5.41) is 42.8. The van der Waals surface area contributed by atoms with E-state index in [1.165, 1.54) is 0 Å². The number of hydrogen-bond acceptors (Lipinski definition) is 6. The molecule has 0 aliphatic rings. The van der Waals surface area contributed by atoms with E-state index >= 15 is 0 Å².